The number of hydrogen-bond donors (Lipinski definition) is 0. The molecule has 2 aromatic rings. The lowest BCUT2D eigenvalue weighted by molar-refractivity contribution is 0.163. The zero-order valence-electron chi connectivity index (χ0n) is 14.2. The number of likely N-dealkylation sites (tertiary alicyclic amines) is 1. The Balaban J connectivity index is 1.55. The van der Waals surface area contributed by atoms with Crippen LogP contribution >= 0.6 is 0 Å². The van der Waals surface area contributed by atoms with Crippen molar-refractivity contribution in [1.82, 2.24) is 24.5 Å². The lowest BCUT2D eigenvalue weighted by Crippen LogP contribution is -2.36. The number of hydrogen-bond acceptors (Lipinski definition) is 5. The quantitative estimate of drug-likeness (QED) is 0.819. The van der Waals surface area contributed by atoms with Crippen molar-refractivity contribution < 1.29 is 0 Å². The van der Waals surface area contributed by atoms with Gasteiger partial charge in [-0.15, -0.1) is 0 Å². The standard InChI is InChI=1S/C17H23N5O2/c1-13-3-4-16(23)22(19-13)12-14-5-7-21(8-6-14)11-15-9-17(24)20(2)18-10-15/h3-4,9-10,14H,5-8,11-12H2,1-2H3. The Morgan fingerprint density at radius 3 is 2.62 bits per heavy atom. The number of piperidine rings is 1. The fraction of sp³-hybridized carbons (Fsp3) is 0.529. The highest BCUT2D eigenvalue weighted by Gasteiger charge is 2.20. The van der Waals surface area contributed by atoms with E-state index in [-0.39, 0.29) is 11.1 Å². The first-order chi connectivity index (χ1) is 11.5. The Morgan fingerprint density at radius 2 is 1.92 bits per heavy atom. The van der Waals surface area contributed by atoms with Crippen molar-refractivity contribution in [3.8, 4) is 0 Å². The van der Waals surface area contributed by atoms with Gasteiger partial charge in [0.15, 0.2) is 0 Å². The zero-order chi connectivity index (χ0) is 17.1. The first-order valence-corrected chi connectivity index (χ1v) is 8.30. The molecule has 0 amide bonds. The van der Waals surface area contributed by atoms with Crippen LogP contribution in [0.1, 0.15) is 24.1 Å². The minimum absolute atomic E-state index is 0.0331. The summed E-state index contributed by atoms with van der Waals surface area (Å²) in [5.74, 6) is 0.468. The summed E-state index contributed by atoms with van der Waals surface area (Å²) in [4.78, 5) is 25.8. The van der Waals surface area contributed by atoms with Gasteiger partial charge in [-0.2, -0.15) is 10.2 Å². The second kappa shape index (κ2) is 7.09. The molecule has 1 saturated heterocycles. The van der Waals surface area contributed by atoms with E-state index in [1.807, 2.05) is 6.92 Å². The molecule has 7 heteroatoms. The summed E-state index contributed by atoms with van der Waals surface area (Å²) in [5, 5.41) is 8.38. The van der Waals surface area contributed by atoms with E-state index in [1.54, 1.807) is 36.1 Å². The molecule has 1 aliphatic rings. The third kappa shape index (κ3) is 3.97. The summed E-state index contributed by atoms with van der Waals surface area (Å²) in [6, 6.07) is 4.98. The molecular weight excluding hydrogens is 306 g/mol. The predicted octanol–water partition coefficient (Wildman–Crippen LogP) is 0.558. The molecule has 0 N–H and O–H groups in total. The van der Waals surface area contributed by atoms with Crippen molar-refractivity contribution in [2.45, 2.75) is 32.9 Å². The number of nitrogens with zero attached hydrogens (tertiary/aromatic N) is 5. The highest BCUT2D eigenvalue weighted by Crippen LogP contribution is 2.19. The van der Waals surface area contributed by atoms with Gasteiger partial charge in [-0.05, 0) is 50.4 Å². The van der Waals surface area contributed by atoms with E-state index in [2.05, 4.69) is 15.1 Å². The molecule has 3 rings (SSSR count). The van der Waals surface area contributed by atoms with Crippen LogP contribution in [0.15, 0.2) is 34.0 Å². The van der Waals surface area contributed by atoms with Crippen LogP contribution in [0.3, 0.4) is 0 Å². The van der Waals surface area contributed by atoms with Gasteiger partial charge in [-0.25, -0.2) is 9.36 Å². The van der Waals surface area contributed by atoms with Gasteiger partial charge in [0.05, 0.1) is 11.9 Å². The van der Waals surface area contributed by atoms with Crippen LogP contribution in [0.5, 0.6) is 0 Å². The van der Waals surface area contributed by atoms with Crippen LogP contribution in [-0.2, 0) is 20.1 Å². The second-order valence-corrected chi connectivity index (χ2v) is 6.54. The molecule has 0 aromatic carbocycles. The van der Waals surface area contributed by atoms with E-state index in [9.17, 15) is 9.59 Å². The monoisotopic (exact) mass is 329 g/mol. The largest absolute Gasteiger partial charge is 0.299 e. The maximum absolute atomic E-state index is 11.9. The molecular formula is C17H23N5O2. The zero-order valence-corrected chi connectivity index (χ0v) is 14.2. The maximum atomic E-state index is 11.9. The molecule has 0 saturated carbocycles. The molecule has 2 aromatic heterocycles. The van der Waals surface area contributed by atoms with Gasteiger partial charge in [-0.3, -0.25) is 14.5 Å². The van der Waals surface area contributed by atoms with Gasteiger partial charge in [0.25, 0.3) is 11.1 Å². The summed E-state index contributed by atoms with van der Waals surface area (Å²) in [6.45, 7) is 5.25. The van der Waals surface area contributed by atoms with Gasteiger partial charge >= 0.3 is 0 Å². The summed E-state index contributed by atoms with van der Waals surface area (Å²) >= 11 is 0. The fourth-order valence-corrected chi connectivity index (χ4v) is 3.11. The van der Waals surface area contributed by atoms with Crippen LogP contribution < -0.4 is 11.1 Å². The Hall–Kier alpha value is -2.28. The van der Waals surface area contributed by atoms with Gasteiger partial charge < -0.3 is 0 Å². The van der Waals surface area contributed by atoms with Crippen LogP contribution in [0, 0.1) is 12.8 Å². The van der Waals surface area contributed by atoms with Crippen molar-refractivity contribution in [3.05, 3.63) is 56.4 Å². The molecule has 0 radical (unpaired) electrons. The third-order valence-electron chi connectivity index (χ3n) is 4.57. The highest BCUT2D eigenvalue weighted by atomic mass is 16.1. The molecule has 0 atom stereocenters. The summed E-state index contributed by atoms with van der Waals surface area (Å²) < 4.78 is 2.92. The second-order valence-electron chi connectivity index (χ2n) is 6.54. The van der Waals surface area contributed by atoms with Gasteiger partial charge in [0.1, 0.15) is 0 Å². The molecule has 3 heterocycles. The van der Waals surface area contributed by atoms with Gasteiger partial charge in [-0.1, -0.05) is 0 Å². The average Bonchev–Trinajstić information content (AvgIpc) is 2.56. The van der Waals surface area contributed by atoms with Crippen LogP contribution in [0.4, 0.5) is 0 Å². The van der Waals surface area contributed by atoms with Crippen molar-refractivity contribution in [2.24, 2.45) is 13.0 Å². The minimum Gasteiger partial charge on any atom is -0.299 e. The number of aromatic nitrogens is 4. The van der Waals surface area contributed by atoms with E-state index in [4.69, 9.17) is 0 Å². The topological polar surface area (TPSA) is 73.0 Å². The molecule has 24 heavy (non-hydrogen) atoms. The smallest absolute Gasteiger partial charge is 0.266 e. The Bertz CT molecular complexity index is 818. The Labute approximate surface area is 140 Å². The molecule has 7 nitrogen and oxygen atoms in total. The summed E-state index contributed by atoms with van der Waals surface area (Å²) in [5.41, 5.74) is 1.71. The van der Waals surface area contributed by atoms with E-state index >= 15 is 0 Å². The molecule has 0 bridgehead atoms. The minimum atomic E-state index is -0.0766. The Morgan fingerprint density at radius 1 is 1.17 bits per heavy atom. The lowest BCUT2D eigenvalue weighted by atomic mass is 9.96. The van der Waals surface area contributed by atoms with Crippen LogP contribution in [0.25, 0.3) is 0 Å². The summed E-state index contributed by atoms with van der Waals surface area (Å²) in [6.07, 6.45) is 3.81. The van der Waals surface area contributed by atoms with Gasteiger partial charge in [0, 0.05) is 32.3 Å². The van der Waals surface area contributed by atoms with Crippen molar-refractivity contribution in [2.75, 3.05) is 13.1 Å². The van der Waals surface area contributed by atoms with Crippen LogP contribution in [0.2, 0.25) is 0 Å². The van der Waals surface area contributed by atoms with E-state index < -0.39 is 0 Å². The van der Waals surface area contributed by atoms with Crippen molar-refractivity contribution in [3.63, 3.8) is 0 Å². The average molecular weight is 329 g/mol. The van der Waals surface area contributed by atoms with E-state index in [0.717, 1.165) is 43.7 Å². The maximum Gasteiger partial charge on any atom is 0.266 e. The fourth-order valence-electron chi connectivity index (χ4n) is 3.11. The highest BCUT2D eigenvalue weighted by molar-refractivity contribution is 5.06. The molecule has 1 fully saturated rings. The predicted molar refractivity (Wildman–Crippen MR) is 90.7 cm³/mol. The van der Waals surface area contributed by atoms with E-state index in [0.29, 0.717) is 12.5 Å². The first-order valence-electron chi connectivity index (χ1n) is 8.30. The van der Waals surface area contributed by atoms with Crippen LogP contribution in [-0.4, -0.2) is 37.6 Å². The number of aryl methyl sites for hydroxylation is 2. The molecule has 0 unspecified atom stereocenters. The molecule has 1 aliphatic heterocycles. The third-order valence-corrected chi connectivity index (χ3v) is 4.57. The lowest BCUT2D eigenvalue weighted by Gasteiger charge is -2.31. The summed E-state index contributed by atoms with van der Waals surface area (Å²) in [7, 11) is 1.65. The van der Waals surface area contributed by atoms with Crippen molar-refractivity contribution >= 4 is 0 Å². The van der Waals surface area contributed by atoms with Crippen molar-refractivity contribution in [1.29, 1.82) is 0 Å². The van der Waals surface area contributed by atoms with Gasteiger partial charge in [0.2, 0.25) is 0 Å². The first kappa shape index (κ1) is 16.6. The number of rotatable bonds is 4. The SMILES string of the molecule is Cc1ccc(=O)n(CC2CCN(Cc3cnn(C)c(=O)c3)CC2)n1. The molecule has 0 spiro atoms. The Kier molecular flexibility index (Phi) is 4.89. The normalized spacial score (nSPS) is 16.4. The molecule has 128 valence electrons. The van der Waals surface area contributed by atoms with E-state index in [1.165, 1.54) is 4.68 Å². The molecule has 0 aliphatic carbocycles.